The Hall–Kier alpha value is 1.01. The molecule has 0 radical (unpaired) electrons. The quantitative estimate of drug-likeness (QED) is 0.327. The van der Waals surface area contributed by atoms with Gasteiger partial charge in [0.2, 0.25) is 5.28 Å². The Kier molecular flexibility index (Phi) is 5.45. The molecule has 1 heterocycles. The van der Waals surface area contributed by atoms with Crippen LogP contribution in [0.15, 0.2) is 18.5 Å². The maximum absolute atomic E-state index is 5.32. The van der Waals surface area contributed by atoms with Crippen LogP contribution in [0.1, 0.15) is 1.43 Å². The second-order valence-electron chi connectivity index (χ2n) is 1.02. The Balaban J connectivity index is 0. The van der Waals surface area contributed by atoms with Gasteiger partial charge in [-0.05, 0) is 17.7 Å². The zero-order valence-corrected chi connectivity index (χ0v) is 8.38. The molecule has 0 aromatic carbocycles. The van der Waals surface area contributed by atoms with Crippen LogP contribution >= 0.6 is 11.6 Å². The van der Waals surface area contributed by atoms with Crippen molar-refractivity contribution in [1.29, 1.82) is 0 Å². The summed E-state index contributed by atoms with van der Waals surface area (Å²) in [4.78, 5) is 7.27. The van der Waals surface area contributed by atoms with Crippen molar-refractivity contribution in [3.05, 3.63) is 23.7 Å². The van der Waals surface area contributed by atoms with Crippen LogP contribution in [-0.4, -0.2) is 9.97 Å². The van der Waals surface area contributed by atoms with Crippen LogP contribution in [-0.2, 0) is 0 Å². The molecule has 1 aromatic heterocycles. The Labute approximate surface area is 96.6 Å². The summed E-state index contributed by atoms with van der Waals surface area (Å²) < 4.78 is 0. The average molecular weight is 155 g/mol. The molecule has 0 amide bonds. The SMILES string of the molecule is Clc1ncccn1.[H-].[K+]. The van der Waals surface area contributed by atoms with Crippen LogP contribution in [0, 0.1) is 0 Å². The predicted molar refractivity (Wildman–Crippen MR) is 28.2 cm³/mol. The number of hydrogen-bond acceptors (Lipinski definition) is 2. The van der Waals surface area contributed by atoms with E-state index in [2.05, 4.69) is 9.97 Å². The third kappa shape index (κ3) is 3.12. The van der Waals surface area contributed by atoms with Crippen molar-refractivity contribution in [3.8, 4) is 0 Å². The molecule has 0 N–H and O–H groups in total. The molecule has 0 aliphatic carbocycles. The third-order valence-electron chi connectivity index (χ3n) is 0.534. The van der Waals surface area contributed by atoms with E-state index in [9.17, 15) is 0 Å². The molecule has 0 spiro atoms. The fraction of sp³-hybridized carbons (Fsp3) is 0. The van der Waals surface area contributed by atoms with Gasteiger partial charge in [-0.15, -0.1) is 0 Å². The standard InChI is InChI=1S/C4H3ClN2.K.H/c5-4-6-2-1-3-7-4;;/h1-3H;;/q;+1;-1. The molecule has 0 aliphatic heterocycles. The number of nitrogens with zero attached hydrogens (tertiary/aromatic N) is 2. The molecule has 2 nitrogen and oxygen atoms in total. The van der Waals surface area contributed by atoms with Crippen LogP contribution in [0.5, 0.6) is 0 Å². The van der Waals surface area contributed by atoms with E-state index in [1.54, 1.807) is 18.5 Å². The molecular formula is C4H4ClKN2. The summed E-state index contributed by atoms with van der Waals surface area (Å²) in [5.74, 6) is 0. The molecule has 0 aliphatic rings. The van der Waals surface area contributed by atoms with Crippen molar-refractivity contribution in [1.82, 2.24) is 9.97 Å². The summed E-state index contributed by atoms with van der Waals surface area (Å²) in [5, 5.41) is 0.294. The second kappa shape index (κ2) is 4.85. The molecule has 0 atom stereocenters. The summed E-state index contributed by atoms with van der Waals surface area (Å²) >= 11 is 5.32. The maximum atomic E-state index is 5.32. The van der Waals surface area contributed by atoms with Gasteiger partial charge in [-0.2, -0.15) is 0 Å². The van der Waals surface area contributed by atoms with E-state index in [4.69, 9.17) is 11.6 Å². The fourth-order valence-electron chi connectivity index (χ4n) is 0.281. The van der Waals surface area contributed by atoms with Gasteiger partial charge < -0.3 is 1.43 Å². The van der Waals surface area contributed by atoms with E-state index in [1.165, 1.54) is 0 Å². The first-order chi connectivity index (χ1) is 3.39. The third-order valence-corrected chi connectivity index (χ3v) is 0.729. The summed E-state index contributed by atoms with van der Waals surface area (Å²) in [6, 6.07) is 1.71. The van der Waals surface area contributed by atoms with Crippen LogP contribution in [0.2, 0.25) is 5.28 Å². The number of hydrogen-bond donors (Lipinski definition) is 0. The summed E-state index contributed by atoms with van der Waals surface area (Å²) in [7, 11) is 0. The van der Waals surface area contributed by atoms with Gasteiger partial charge in [0.05, 0.1) is 0 Å². The Morgan fingerprint density at radius 1 is 1.38 bits per heavy atom. The van der Waals surface area contributed by atoms with Gasteiger partial charge in [0.1, 0.15) is 0 Å². The Morgan fingerprint density at radius 3 is 2.12 bits per heavy atom. The van der Waals surface area contributed by atoms with Crippen molar-refractivity contribution in [2.24, 2.45) is 0 Å². The molecule has 8 heavy (non-hydrogen) atoms. The molecule has 0 bridgehead atoms. The van der Waals surface area contributed by atoms with Gasteiger partial charge in [-0.3, -0.25) is 0 Å². The van der Waals surface area contributed by atoms with Crippen LogP contribution in [0.4, 0.5) is 0 Å². The average Bonchev–Trinajstić information content (AvgIpc) is 1.69. The van der Waals surface area contributed by atoms with Crippen LogP contribution in [0.25, 0.3) is 0 Å². The maximum Gasteiger partial charge on any atom is 1.00 e. The molecule has 0 fully saturated rings. The number of rotatable bonds is 0. The van der Waals surface area contributed by atoms with E-state index in [0.717, 1.165) is 0 Å². The topological polar surface area (TPSA) is 25.8 Å². The van der Waals surface area contributed by atoms with E-state index < -0.39 is 0 Å². The zero-order valence-electron chi connectivity index (χ0n) is 5.50. The Morgan fingerprint density at radius 2 is 1.88 bits per heavy atom. The van der Waals surface area contributed by atoms with Gasteiger partial charge in [-0.1, -0.05) is 0 Å². The second-order valence-corrected chi connectivity index (χ2v) is 1.36. The minimum absolute atomic E-state index is 0. The van der Waals surface area contributed by atoms with Crippen molar-refractivity contribution >= 4 is 11.6 Å². The van der Waals surface area contributed by atoms with Gasteiger partial charge in [0, 0.05) is 12.4 Å². The minimum Gasteiger partial charge on any atom is -1.00 e. The first-order valence-corrected chi connectivity index (χ1v) is 2.20. The number of halogens is 1. The van der Waals surface area contributed by atoms with Gasteiger partial charge in [0.15, 0.2) is 0 Å². The molecule has 38 valence electrons. The van der Waals surface area contributed by atoms with Crippen molar-refractivity contribution in [2.45, 2.75) is 0 Å². The summed E-state index contributed by atoms with van der Waals surface area (Å²) in [5.41, 5.74) is 0. The van der Waals surface area contributed by atoms with Crippen molar-refractivity contribution < 1.29 is 52.8 Å². The monoisotopic (exact) mass is 154 g/mol. The van der Waals surface area contributed by atoms with E-state index in [-0.39, 0.29) is 52.8 Å². The van der Waals surface area contributed by atoms with Crippen molar-refractivity contribution in [2.75, 3.05) is 0 Å². The van der Waals surface area contributed by atoms with E-state index in [0.29, 0.717) is 5.28 Å². The molecule has 0 saturated heterocycles. The first kappa shape index (κ1) is 9.01. The Bertz CT molecular complexity index is 148. The fourth-order valence-corrected chi connectivity index (χ4v) is 0.394. The molecule has 0 saturated carbocycles. The minimum atomic E-state index is 0. The molecule has 4 heteroatoms. The zero-order chi connectivity index (χ0) is 5.11. The van der Waals surface area contributed by atoms with Crippen LogP contribution < -0.4 is 51.4 Å². The van der Waals surface area contributed by atoms with Crippen LogP contribution in [0.3, 0.4) is 0 Å². The molecule has 0 unspecified atom stereocenters. The molecule has 1 aromatic rings. The first-order valence-electron chi connectivity index (χ1n) is 1.82. The van der Waals surface area contributed by atoms with Gasteiger partial charge in [0.25, 0.3) is 0 Å². The predicted octanol–water partition coefficient (Wildman–Crippen LogP) is -1.75. The van der Waals surface area contributed by atoms with Crippen molar-refractivity contribution in [3.63, 3.8) is 0 Å². The smallest absolute Gasteiger partial charge is 1.00 e. The van der Waals surface area contributed by atoms with Gasteiger partial charge >= 0.3 is 51.4 Å². The summed E-state index contributed by atoms with van der Waals surface area (Å²) in [6.45, 7) is 0. The van der Waals surface area contributed by atoms with E-state index in [1.807, 2.05) is 0 Å². The van der Waals surface area contributed by atoms with Gasteiger partial charge in [-0.25, -0.2) is 9.97 Å². The largest absolute Gasteiger partial charge is 1.00 e. The molecule has 1 rings (SSSR count). The normalized spacial score (nSPS) is 7.62. The summed E-state index contributed by atoms with van der Waals surface area (Å²) in [6.07, 6.45) is 3.19. The molecular weight excluding hydrogens is 151 g/mol. The van der Waals surface area contributed by atoms with E-state index >= 15 is 0 Å². The number of aromatic nitrogens is 2.